The number of morpholine rings is 1. The van der Waals surface area contributed by atoms with Gasteiger partial charge in [-0.3, -0.25) is 4.79 Å². The van der Waals surface area contributed by atoms with Crippen LogP contribution in [0.2, 0.25) is 5.02 Å². The Morgan fingerprint density at radius 1 is 1.20 bits per heavy atom. The molecule has 0 spiro atoms. The van der Waals surface area contributed by atoms with Gasteiger partial charge in [0.05, 0.1) is 24.6 Å². The molecule has 1 aromatic heterocycles. The van der Waals surface area contributed by atoms with E-state index in [1.54, 1.807) is 41.3 Å². The number of amides is 1. The van der Waals surface area contributed by atoms with Gasteiger partial charge >= 0.3 is 0 Å². The number of benzene rings is 2. The molecule has 1 aliphatic heterocycles. The number of amidine groups is 1. The van der Waals surface area contributed by atoms with E-state index in [1.807, 2.05) is 19.1 Å². The Labute approximate surface area is 236 Å². The molecule has 0 atom stereocenters. The fourth-order valence-electron chi connectivity index (χ4n) is 4.06. The van der Waals surface area contributed by atoms with Gasteiger partial charge in [0.15, 0.2) is 11.7 Å². The Kier molecular flexibility index (Phi) is 9.31. The monoisotopic (exact) mass is 565 g/mol. The molecule has 5 N–H and O–H groups in total. The van der Waals surface area contributed by atoms with Crippen molar-refractivity contribution in [3.8, 4) is 16.9 Å². The van der Waals surface area contributed by atoms with Crippen LogP contribution in [0.5, 0.6) is 5.75 Å². The first-order chi connectivity index (χ1) is 19.2. The van der Waals surface area contributed by atoms with Gasteiger partial charge in [-0.2, -0.15) is 4.99 Å². The van der Waals surface area contributed by atoms with Crippen molar-refractivity contribution < 1.29 is 19.0 Å². The van der Waals surface area contributed by atoms with Crippen molar-refractivity contribution in [1.29, 1.82) is 0 Å². The molecule has 1 amide bonds. The lowest BCUT2D eigenvalue weighted by molar-refractivity contribution is 0.0678. The van der Waals surface area contributed by atoms with Gasteiger partial charge in [0.25, 0.3) is 5.91 Å². The van der Waals surface area contributed by atoms with Crippen LogP contribution in [0.1, 0.15) is 23.1 Å². The summed E-state index contributed by atoms with van der Waals surface area (Å²) < 4.78 is 19.2. The molecule has 0 aliphatic carbocycles. The number of nitrogens with zero attached hydrogens (tertiary/aromatic N) is 4. The van der Waals surface area contributed by atoms with E-state index in [9.17, 15) is 14.3 Å². The summed E-state index contributed by atoms with van der Waals surface area (Å²) in [5.74, 6) is -1.63. The standard InChI is InChI=1S/C28H29ClFN7O3/c1-3-23-24(32-21-14-19(13-20(29)16-21)18-5-4-6-22(38)15-18)7-8-25(33-23)27(39)35-36-28(31)34-26(17(2)30)37-9-11-40-12-10-37/h4-8,13-16,32,38H,2-3,9-12H2,1H3,(H2,31,36)(H,35,39). The average molecular weight is 566 g/mol. The van der Waals surface area contributed by atoms with Crippen molar-refractivity contribution >= 4 is 40.7 Å². The van der Waals surface area contributed by atoms with Gasteiger partial charge < -0.3 is 25.8 Å². The topological polar surface area (TPSA) is 137 Å². The summed E-state index contributed by atoms with van der Waals surface area (Å²) in [6, 6.07) is 15.6. The minimum absolute atomic E-state index is 0.0612. The quantitative estimate of drug-likeness (QED) is 0.187. The number of carbonyl (C=O) groups is 1. The second kappa shape index (κ2) is 13.0. The van der Waals surface area contributed by atoms with Gasteiger partial charge in [-0.25, -0.2) is 14.8 Å². The van der Waals surface area contributed by atoms with Crippen molar-refractivity contribution in [3.63, 3.8) is 0 Å². The highest BCUT2D eigenvalue weighted by molar-refractivity contribution is 6.31. The second-order valence-corrected chi connectivity index (χ2v) is 9.24. The van der Waals surface area contributed by atoms with E-state index in [1.165, 1.54) is 6.07 Å². The summed E-state index contributed by atoms with van der Waals surface area (Å²) in [6.07, 6.45) is 0.528. The highest BCUT2D eigenvalue weighted by atomic mass is 35.5. The molecule has 2 heterocycles. The normalized spacial score (nSPS) is 14.1. The minimum Gasteiger partial charge on any atom is -0.508 e. The molecule has 4 rings (SSSR count). The van der Waals surface area contributed by atoms with Gasteiger partial charge in [-0.05, 0) is 60.0 Å². The van der Waals surface area contributed by atoms with Crippen LogP contribution in [0.3, 0.4) is 0 Å². The number of aromatic hydroxyl groups is 1. The number of nitrogens with one attached hydrogen (secondary N) is 2. The maximum atomic E-state index is 14.0. The smallest absolute Gasteiger partial charge is 0.290 e. The van der Waals surface area contributed by atoms with Crippen LogP contribution in [-0.2, 0) is 11.2 Å². The van der Waals surface area contributed by atoms with E-state index in [2.05, 4.69) is 32.4 Å². The number of rotatable bonds is 7. The zero-order valence-electron chi connectivity index (χ0n) is 21.8. The fraction of sp³-hybridized carbons (Fsp3) is 0.214. The Hall–Kier alpha value is -4.48. The van der Waals surface area contributed by atoms with Crippen LogP contribution in [-0.4, -0.2) is 59.0 Å². The van der Waals surface area contributed by atoms with Crippen LogP contribution in [0.4, 0.5) is 15.8 Å². The lowest BCUT2D eigenvalue weighted by Gasteiger charge is -2.28. The number of pyridine rings is 1. The molecule has 3 aromatic rings. The second-order valence-electron chi connectivity index (χ2n) is 8.80. The van der Waals surface area contributed by atoms with E-state index >= 15 is 0 Å². The maximum absolute atomic E-state index is 14.0. The molecule has 12 heteroatoms. The summed E-state index contributed by atoms with van der Waals surface area (Å²) in [5, 5.41) is 17.4. The van der Waals surface area contributed by atoms with Crippen LogP contribution >= 0.6 is 11.6 Å². The fourth-order valence-corrected chi connectivity index (χ4v) is 4.29. The minimum atomic E-state index is -0.766. The summed E-state index contributed by atoms with van der Waals surface area (Å²) in [4.78, 5) is 22.8. The van der Waals surface area contributed by atoms with Gasteiger partial charge in [-0.1, -0.05) is 37.2 Å². The van der Waals surface area contributed by atoms with Gasteiger partial charge in [-0.15, -0.1) is 5.10 Å². The van der Waals surface area contributed by atoms with E-state index in [-0.39, 0.29) is 23.2 Å². The third-order valence-electron chi connectivity index (χ3n) is 5.94. The Bertz CT molecular complexity index is 1470. The first-order valence-corrected chi connectivity index (χ1v) is 12.9. The summed E-state index contributed by atoms with van der Waals surface area (Å²) >= 11 is 6.36. The molecule has 1 saturated heterocycles. The number of hydrogen-bond acceptors (Lipinski definition) is 6. The van der Waals surface area contributed by atoms with Gasteiger partial charge in [0.2, 0.25) is 5.96 Å². The van der Waals surface area contributed by atoms with Crippen LogP contribution in [0.25, 0.3) is 11.1 Å². The van der Waals surface area contributed by atoms with E-state index in [4.69, 9.17) is 22.1 Å². The van der Waals surface area contributed by atoms with Crippen molar-refractivity contribution in [2.75, 3.05) is 31.6 Å². The molecule has 1 aliphatic rings. The van der Waals surface area contributed by atoms with E-state index in [0.717, 1.165) is 11.1 Å². The predicted molar refractivity (Wildman–Crippen MR) is 155 cm³/mol. The number of anilines is 2. The number of halogens is 2. The van der Waals surface area contributed by atoms with Crippen LogP contribution in [0.15, 0.2) is 77.1 Å². The maximum Gasteiger partial charge on any atom is 0.290 e. The summed E-state index contributed by atoms with van der Waals surface area (Å²) in [6.45, 7) is 6.91. The molecular formula is C28H29ClFN7O3. The molecule has 2 aromatic carbocycles. The van der Waals surface area contributed by atoms with Crippen molar-refractivity contribution in [3.05, 3.63) is 83.4 Å². The summed E-state index contributed by atoms with van der Waals surface area (Å²) in [5.41, 5.74) is 11.9. The third-order valence-corrected chi connectivity index (χ3v) is 6.16. The van der Waals surface area contributed by atoms with E-state index in [0.29, 0.717) is 54.8 Å². The van der Waals surface area contributed by atoms with E-state index < -0.39 is 11.7 Å². The highest BCUT2D eigenvalue weighted by Gasteiger charge is 2.19. The Balaban J connectivity index is 1.49. The number of nitrogens with two attached hydrogens (primary N) is 1. The number of aryl methyl sites for hydroxylation is 1. The molecule has 0 bridgehead atoms. The number of hydrazone groups is 1. The Morgan fingerprint density at radius 3 is 2.67 bits per heavy atom. The highest BCUT2D eigenvalue weighted by Crippen LogP contribution is 2.31. The Morgan fingerprint density at radius 2 is 1.98 bits per heavy atom. The number of phenols is 1. The van der Waals surface area contributed by atoms with Crippen molar-refractivity contribution in [2.45, 2.75) is 13.3 Å². The average Bonchev–Trinajstić information content (AvgIpc) is 2.94. The lowest BCUT2D eigenvalue weighted by atomic mass is 10.0. The number of hydrogen-bond donors (Lipinski definition) is 4. The lowest BCUT2D eigenvalue weighted by Crippen LogP contribution is -2.41. The molecule has 40 heavy (non-hydrogen) atoms. The summed E-state index contributed by atoms with van der Waals surface area (Å²) in [7, 11) is 0. The largest absolute Gasteiger partial charge is 0.508 e. The first kappa shape index (κ1) is 28.5. The number of ether oxygens (including phenoxy) is 1. The zero-order valence-corrected chi connectivity index (χ0v) is 22.6. The molecule has 10 nitrogen and oxygen atoms in total. The van der Waals surface area contributed by atoms with Gasteiger partial charge in [0, 0.05) is 23.8 Å². The molecule has 208 valence electrons. The zero-order chi connectivity index (χ0) is 28.6. The molecule has 0 unspecified atom stereocenters. The number of aliphatic imine (C=N–C) groups is 1. The molecule has 0 radical (unpaired) electrons. The number of carbonyl (C=O) groups excluding carboxylic acids is 1. The SMILES string of the molecule is C=C(F)C(=NC(N)=NNC(=O)c1ccc(Nc2cc(Cl)cc(-c3cccc(O)c3)c2)c(CC)n1)N1CCOCC1. The molecule has 1 fully saturated rings. The van der Waals surface area contributed by atoms with Crippen molar-refractivity contribution in [2.24, 2.45) is 15.8 Å². The number of aromatic nitrogens is 1. The third kappa shape index (κ3) is 7.33. The predicted octanol–water partition coefficient (Wildman–Crippen LogP) is 4.59. The van der Waals surface area contributed by atoms with Crippen molar-refractivity contribution in [1.82, 2.24) is 15.3 Å². The van der Waals surface area contributed by atoms with Crippen LogP contribution < -0.4 is 16.5 Å². The number of guanidine groups is 1. The molecule has 0 saturated carbocycles. The number of phenolic OH excluding ortho intramolecular Hbond substituents is 1. The first-order valence-electron chi connectivity index (χ1n) is 12.5. The van der Waals surface area contributed by atoms with Crippen LogP contribution in [0, 0.1) is 0 Å². The van der Waals surface area contributed by atoms with Gasteiger partial charge in [0.1, 0.15) is 11.4 Å². The molecular weight excluding hydrogens is 537 g/mol.